The molecule has 15 heavy (non-hydrogen) atoms. The Morgan fingerprint density at radius 2 is 1.93 bits per heavy atom. The van der Waals surface area contributed by atoms with Crippen LogP contribution >= 0.6 is 0 Å². The van der Waals surface area contributed by atoms with Crippen molar-refractivity contribution in [2.24, 2.45) is 0 Å². The van der Waals surface area contributed by atoms with Crippen LogP contribution in [-0.2, 0) is 6.54 Å². The molecule has 1 aromatic rings. The third-order valence-corrected chi connectivity index (χ3v) is 1.99. The molecular formula is C11H20N4. The molecule has 1 aromatic heterocycles. The lowest BCUT2D eigenvalue weighted by molar-refractivity contribution is 0.543. The minimum absolute atomic E-state index is 0.572. The van der Waals surface area contributed by atoms with Crippen LogP contribution in [0.3, 0.4) is 0 Å². The summed E-state index contributed by atoms with van der Waals surface area (Å²) < 4.78 is 0. The topological polar surface area (TPSA) is 49.8 Å². The highest BCUT2D eigenvalue weighted by atomic mass is 15.0. The van der Waals surface area contributed by atoms with E-state index in [9.17, 15) is 0 Å². The molecule has 0 saturated heterocycles. The minimum Gasteiger partial charge on any atom is -0.314 e. The lowest BCUT2D eigenvalue weighted by atomic mass is 10.3. The molecule has 0 aliphatic rings. The summed E-state index contributed by atoms with van der Waals surface area (Å²) >= 11 is 0. The Labute approximate surface area is 91.5 Å². The molecular weight excluding hydrogens is 188 g/mol. The molecule has 0 saturated carbocycles. The Kier molecular flexibility index (Phi) is 5.88. The molecule has 0 unspecified atom stereocenters. The van der Waals surface area contributed by atoms with E-state index in [-0.39, 0.29) is 0 Å². The fraction of sp³-hybridized carbons (Fsp3) is 0.636. The Bertz CT molecular complexity index is 248. The molecule has 2 N–H and O–H groups in total. The third kappa shape index (κ3) is 6.14. The second-order valence-corrected chi connectivity index (χ2v) is 3.80. The van der Waals surface area contributed by atoms with Crippen LogP contribution in [0.25, 0.3) is 0 Å². The van der Waals surface area contributed by atoms with E-state index in [0.717, 1.165) is 31.9 Å². The molecule has 84 valence electrons. The average Bonchev–Trinajstić information content (AvgIpc) is 2.24. The van der Waals surface area contributed by atoms with Gasteiger partial charge < -0.3 is 10.6 Å². The Morgan fingerprint density at radius 1 is 1.20 bits per heavy atom. The largest absolute Gasteiger partial charge is 0.314 e. The van der Waals surface area contributed by atoms with Crippen molar-refractivity contribution in [2.45, 2.75) is 32.9 Å². The van der Waals surface area contributed by atoms with Gasteiger partial charge in [0.2, 0.25) is 0 Å². The number of hydrogen-bond acceptors (Lipinski definition) is 4. The smallest absolute Gasteiger partial charge is 0.141 e. The van der Waals surface area contributed by atoms with Crippen LogP contribution in [0.15, 0.2) is 18.5 Å². The van der Waals surface area contributed by atoms with Gasteiger partial charge in [-0.3, -0.25) is 0 Å². The maximum Gasteiger partial charge on any atom is 0.141 e. The van der Waals surface area contributed by atoms with Crippen LogP contribution < -0.4 is 10.6 Å². The van der Waals surface area contributed by atoms with Gasteiger partial charge in [0.05, 0.1) is 6.54 Å². The summed E-state index contributed by atoms with van der Waals surface area (Å²) in [5, 5.41) is 6.68. The summed E-state index contributed by atoms with van der Waals surface area (Å²) in [5.41, 5.74) is 0. The molecule has 0 bridgehead atoms. The number of aromatic nitrogens is 2. The van der Waals surface area contributed by atoms with Crippen molar-refractivity contribution in [1.82, 2.24) is 20.6 Å². The molecule has 0 radical (unpaired) electrons. The molecule has 0 aliphatic heterocycles. The summed E-state index contributed by atoms with van der Waals surface area (Å²) in [4.78, 5) is 8.27. The molecule has 4 nitrogen and oxygen atoms in total. The quantitative estimate of drug-likeness (QED) is 0.655. The van der Waals surface area contributed by atoms with Gasteiger partial charge in [-0.05, 0) is 25.6 Å². The number of nitrogens with one attached hydrogen (secondary N) is 2. The summed E-state index contributed by atoms with van der Waals surface area (Å²) in [6, 6.07) is 2.40. The van der Waals surface area contributed by atoms with Crippen LogP contribution in [0.1, 0.15) is 26.1 Å². The van der Waals surface area contributed by atoms with Crippen molar-refractivity contribution in [3.8, 4) is 0 Å². The zero-order valence-corrected chi connectivity index (χ0v) is 9.53. The van der Waals surface area contributed by atoms with Gasteiger partial charge in [-0.15, -0.1) is 0 Å². The molecule has 4 heteroatoms. The van der Waals surface area contributed by atoms with Crippen LogP contribution in [0, 0.1) is 0 Å². The number of hydrogen-bond donors (Lipinski definition) is 2. The number of nitrogens with zero attached hydrogens (tertiary/aromatic N) is 2. The predicted molar refractivity (Wildman–Crippen MR) is 61.5 cm³/mol. The van der Waals surface area contributed by atoms with Gasteiger partial charge in [-0.25, -0.2) is 9.97 Å². The third-order valence-electron chi connectivity index (χ3n) is 1.99. The van der Waals surface area contributed by atoms with E-state index in [1.54, 1.807) is 12.4 Å². The predicted octanol–water partition coefficient (Wildman–Crippen LogP) is 0.954. The van der Waals surface area contributed by atoms with Crippen LogP contribution in [0.4, 0.5) is 0 Å². The first-order chi connectivity index (χ1) is 7.29. The molecule has 1 heterocycles. The molecule has 1 rings (SSSR count). The standard InChI is InChI=1S/C11H20N4/c1-10(2)13-6-3-5-12-9-11-14-7-4-8-15-11/h4,7-8,10,12-13H,3,5-6,9H2,1-2H3. The highest BCUT2D eigenvalue weighted by Crippen LogP contribution is 1.86. The fourth-order valence-corrected chi connectivity index (χ4v) is 1.23. The van der Waals surface area contributed by atoms with Gasteiger partial charge in [0.15, 0.2) is 0 Å². The zero-order chi connectivity index (χ0) is 10.9. The maximum absolute atomic E-state index is 4.14. The summed E-state index contributed by atoms with van der Waals surface area (Å²) in [7, 11) is 0. The minimum atomic E-state index is 0.572. The Morgan fingerprint density at radius 3 is 2.60 bits per heavy atom. The van der Waals surface area contributed by atoms with Crippen molar-refractivity contribution in [1.29, 1.82) is 0 Å². The van der Waals surface area contributed by atoms with E-state index in [0.29, 0.717) is 6.04 Å². The van der Waals surface area contributed by atoms with E-state index in [2.05, 4.69) is 34.4 Å². The summed E-state index contributed by atoms with van der Waals surface area (Å²) in [6.07, 6.45) is 4.67. The first kappa shape index (κ1) is 12.1. The van der Waals surface area contributed by atoms with Crippen LogP contribution in [-0.4, -0.2) is 29.1 Å². The van der Waals surface area contributed by atoms with E-state index in [4.69, 9.17) is 0 Å². The lowest BCUT2D eigenvalue weighted by Crippen LogP contribution is -2.27. The van der Waals surface area contributed by atoms with Crippen LogP contribution in [0.2, 0.25) is 0 Å². The van der Waals surface area contributed by atoms with E-state index in [1.165, 1.54) is 0 Å². The second kappa shape index (κ2) is 7.31. The molecule has 0 fully saturated rings. The van der Waals surface area contributed by atoms with Gasteiger partial charge in [0.1, 0.15) is 5.82 Å². The van der Waals surface area contributed by atoms with Crippen molar-refractivity contribution in [3.63, 3.8) is 0 Å². The summed E-state index contributed by atoms with van der Waals surface area (Å²) in [5.74, 6) is 0.856. The highest BCUT2D eigenvalue weighted by Gasteiger charge is 1.94. The lowest BCUT2D eigenvalue weighted by Gasteiger charge is -2.07. The zero-order valence-electron chi connectivity index (χ0n) is 9.53. The molecule has 0 amide bonds. The van der Waals surface area contributed by atoms with Gasteiger partial charge in [0.25, 0.3) is 0 Å². The van der Waals surface area contributed by atoms with Gasteiger partial charge >= 0.3 is 0 Å². The van der Waals surface area contributed by atoms with Gasteiger partial charge in [0, 0.05) is 18.4 Å². The van der Waals surface area contributed by atoms with Crippen molar-refractivity contribution < 1.29 is 0 Å². The monoisotopic (exact) mass is 208 g/mol. The molecule has 0 aliphatic carbocycles. The SMILES string of the molecule is CC(C)NCCCNCc1ncccn1. The molecule has 0 aromatic carbocycles. The first-order valence-corrected chi connectivity index (χ1v) is 5.49. The molecule has 0 atom stereocenters. The average molecular weight is 208 g/mol. The van der Waals surface area contributed by atoms with E-state index < -0.39 is 0 Å². The highest BCUT2D eigenvalue weighted by molar-refractivity contribution is 4.87. The van der Waals surface area contributed by atoms with Crippen molar-refractivity contribution >= 4 is 0 Å². The van der Waals surface area contributed by atoms with Crippen LogP contribution in [0.5, 0.6) is 0 Å². The van der Waals surface area contributed by atoms with Crippen molar-refractivity contribution in [3.05, 3.63) is 24.3 Å². The normalized spacial score (nSPS) is 10.9. The maximum atomic E-state index is 4.14. The van der Waals surface area contributed by atoms with Gasteiger partial charge in [-0.2, -0.15) is 0 Å². The fourth-order valence-electron chi connectivity index (χ4n) is 1.23. The first-order valence-electron chi connectivity index (χ1n) is 5.49. The second-order valence-electron chi connectivity index (χ2n) is 3.80. The molecule has 0 spiro atoms. The van der Waals surface area contributed by atoms with Gasteiger partial charge in [-0.1, -0.05) is 13.8 Å². The van der Waals surface area contributed by atoms with E-state index >= 15 is 0 Å². The van der Waals surface area contributed by atoms with Crippen molar-refractivity contribution in [2.75, 3.05) is 13.1 Å². The summed E-state index contributed by atoms with van der Waals surface area (Å²) in [6.45, 7) is 7.12. The van der Waals surface area contributed by atoms with E-state index in [1.807, 2.05) is 6.07 Å². The Hall–Kier alpha value is -1.00. The number of rotatable bonds is 7. The Balaban J connectivity index is 1.98.